The van der Waals surface area contributed by atoms with Gasteiger partial charge in [-0.25, -0.2) is 4.79 Å². The Kier molecular flexibility index (Phi) is 3.84. The fourth-order valence-corrected chi connectivity index (χ4v) is 1.61. The number of benzene rings is 1. The highest BCUT2D eigenvalue weighted by Crippen LogP contribution is 2.27. The van der Waals surface area contributed by atoms with Gasteiger partial charge in [0, 0.05) is 11.1 Å². The van der Waals surface area contributed by atoms with Gasteiger partial charge in [-0.1, -0.05) is 11.6 Å². The standard InChI is InChI=1S/C10H10ClNO4/c1-3-16-10(13)9-6(2)4-7(11)5-8(9)12(14)15/h4-5H,3H2,1-2H3. The molecule has 86 valence electrons. The van der Waals surface area contributed by atoms with Gasteiger partial charge in [-0.05, 0) is 25.5 Å². The molecule has 0 amide bonds. The molecule has 0 radical (unpaired) electrons. The summed E-state index contributed by atoms with van der Waals surface area (Å²) in [5, 5.41) is 11.0. The quantitative estimate of drug-likeness (QED) is 0.465. The first-order chi connectivity index (χ1) is 7.47. The van der Waals surface area contributed by atoms with E-state index in [4.69, 9.17) is 16.3 Å². The van der Waals surface area contributed by atoms with E-state index in [1.165, 1.54) is 6.07 Å². The van der Waals surface area contributed by atoms with Crippen LogP contribution in [-0.2, 0) is 4.74 Å². The van der Waals surface area contributed by atoms with Crippen molar-refractivity contribution < 1.29 is 14.5 Å². The monoisotopic (exact) mass is 243 g/mol. The number of rotatable bonds is 3. The Labute approximate surface area is 97.1 Å². The minimum absolute atomic E-state index is 0.0451. The molecule has 0 bridgehead atoms. The summed E-state index contributed by atoms with van der Waals surface area (Å²) in [6, 6.07) is 2.63. The van der Waals surface area contributed by atoms with E-state index < -0.39 is 10.9 Å². The van der Waals surface area contributed by atoms with Crippen molar-refractivity contribution in [2.45, 2.75) is 13.8 Å². The number of carbonyl (C=O) groups is 1. The zero-order valence-corrected chi connectivity index (χ0v) is 9.58. The molecule has 0 aromatic heterocycles. The lowest BCUT2D eigenvalue weighted by Crippen LogP contribution is -2.10. The molecule has 0 spiro atoms. The molecule has 1 rings (SSSR count). The first kappa shape index (κ1) is 12.4. The molecule has 0 N–H and O–H groups in total. The van der Waals surface area contributed by atoms with Gasteiger partial charge in [0.1, 0.15) is 5.56 Å². The van der Waals surface area contributed by atoms with Crippen molar-refractivity contribution >= 4 is 23.3 Å². The Balaban J connectivity index is 3.35. The van der Waals surface area contributed by atoms with Gasteiger partial charge in [-0.15, -0.1) is 0 Å². The number of nitro groups is 1. The van der Waals surface area contributed by atoms with Crippen LogP contribution in [0.2, 0.25) is 5.02 Å². The van der Waals surface area contributed by atoms with Gasteiger partial charge in [0.05, 0.1) is 11.5 Å². The van der Waals surface area contributed by atoms with Gasteiger partial charge < -0.3 is 4.74 Å². The number of nitrogens with zero attached hydrogens (tertiary/aromatic N) is 1. The zero-order chi connectivity index (χ0) is 12.3. The molecule has 1 aromatic rings. The molecule has 0 saturated heterocycles. The van der Waals surface area contributed by atoms with Crippen LogP contribution in [0.3, 0.4) is 0 Å². The predicted octanol–water partition coefficient (Wildman–Crippen LogP) is 2.73. The van der Waals surface area contributed by atoms with Crippen LogP contribution in [-0.4, -0.2) is 17.5 Å². The molecule has 1 aromatic carbocycles. The number of aryl methyl sites for hydroxylation is 1. The van der Waals surface area contributed by atoms with Gasteiger partial charge in [-0.3, -0.25) is 10.1 Å². The maximum Gasteiger partial charge on any atom is 0.345 e. The van der Waals surface area contributed by atoms with Crippen LogP contribution in [0.25, 0.3) is 0 Å². The summed E-state index contributed by atoms with van der Waals surface area (Å²) in [5.41, 5.74) is 0.0531. The molecule has 5 nitrogen and oxygen atoms in total. The number of halogens is 1. The highest BCUT2D eigenvalue weighted by molar-refractivity contribution is 6.31. The molecule has 0 aliphatic heterocycles. The Morgan fingerprint density at radius 1 is 1.56 bits per heavy atom. The average Bonchev–Trinajstić information content (AvgIpc) is 2.16. The molecule has 0 aliphatic carbocycles. The zero-order valence-electron chi connectivity index (χ0n) is 8.82. The van der Waals surface area contributed by atoms with E-state index in [1.54, 1.807) is 13.8 Å². The van der Waals surface area contributed by atoms with Gasteiger partial charge in [0.2, 0.25) is 0 Å². The van der Waals surface area contributed by atoms with Gasteiger partial charge >= 0.3 is 5.97 Å². The third-order valence-corrected chi connectivity index (χ3v) is 2.17. The van der Waals surface area contributed by atoms with Crippen LogP contribution < -0.4 is 0 Å². The minimum atomic E-state index is -0.705. The van der Waals surface area contributed by atoms with E-state index in [9.17, 15) is 14.9 Å². The second-order valence-corrected chi connectivity index (χ2v) is 3.53. The van der Waals surface area contributed by atoms with Crippen molar-refractivity contribution in [3.05, 3.63) is 38.4 Å². The van der Waals surface area contributed by atoms with Gasteiger partial charge in [0.25, 0.3) is 5.69 Å². The topological polar surface area (TPSA) is 69.4 Å². The first-order valence-corrected chi connectivity index (χ1v) is 4.96. The molecule has 0 unspecified atom stereocenters. The fraction of sp³-hybridized carbons (Fsp3) is 0.300. The summed E-state index contributed by atoms with van der Waals surface area (Å²) in [4.78, 5) is 21.7. The maximum atomic E-state index is 11.5. The van der Waals surface area contributed by atoms with Gasteiger partial charge in [0.15, 0.2) is 0 Å². The molecular formula is C10H10ClNO4. The lowest BCUT2D eigenvalue weighted by molar-refractivity contribution is -0.385. The second-order valence-electron chi connectivity index (χ2n) is 3.09. The SMILES string of the molecule is CCOC(=O)c1c(C)cc(Cl)cc1[N+](=O)[O-]. The fourth-order valence-electron chi connectivity index (χ4n) is 1.34. The molecular weight excluding hydrogens is 234 g/mol. The number of nitro benzene ring substituents is 1. The molecule has 16 heavy (non-hydrogen) atoms. The third kappa shape index (κ3) is 2.49. The van der Waals surface area contributed by atoms with E-state index in [2.05, 4.69) is 0 Å². The molecule has 6 heteroatoms. The molecule has 0 fully saturated rings. The molecule has 0 saturated carbocycles. The smallest absolute Gasteiger partial charge is 0.345 e. The minimum Gasteiger partial charge on any atom is -0.462 e. The molecule has 0 aliphatic rings. The van der Waals surface area contributed by atoms with Crippen molar-refractivity contribution in [2.75, 3.05) is 6.61 Å². The normalized spacial score (nSPS) is 9.94. The van der Waals surface area contributed by atoms with Crippen molar-refractivity contribution in [1.29, 1.82) is 0 Å². The van der Waals surface area contributed by atoms with E-state index in [-0.39, 0.29) is 22.9 Å². The highest BCUT2D eigenvalue weighted by Gasteiger charge is 2.24. The van der Waals surface area contributed by atoms with Crippen molar-refractivity contribution in [2.24, 2.45) is 0 Å². The number of carbonyl (C=O) groups excluding carboxylic acids is 1. The molecule has 0 heterocycles. The number of hydrogen-bond acceptors (Lipinski definition) is 4. The van der Waals surface area contributed by atoms with Crippen LogP contribution in [0.15, 0.2) is 12.1 Å². The van der Waals surface area contributed by atoms with Crippen molar-refractivity contribution in [3.8, 4) is 0 Å². The lowest BCUT2D eigenvalue weighted by atomic mass is 10.1. The van der Waals surface area contributed by atoms with E-state index in [0.29, 0.717) is 5.56 Å². The molecule has 0 atom stereocenters. The largest absolute Gasteiger partial charge is 0.462 e. The third-order valence-electron chi connectivity index (χ3n) is 1.96. The Bertz CT molecular complexity index is 445. The average molecular weight is 244 g/mol. The van der Waals surface area contributed by atoms with E-state index >= 15 is 0 Å². The predicted molar refractivity (Wildman–Crippen MR) is 58.8 cm³/mol. The summed E-state index contributed by atoms with van der Waals surface area (Å²) in [6.45, 7) is 3.37. The van der Waals surface area contributed by atoms with Crippen LogP contribution in [0.4, 0.5) is 5.69 Å². The summed E-state index contributed by atoms with van der Waals surface area (Å²) >= 11 is 5.69. The van der Waals surface area contributed by atoms with Crippen molar-refractivity contribution in [3.63, 3.8) is 0 Å². The summed E-state index contributed by atoms with van der Waals surface area (Å²) in [5.74, 6) is -0.705. The highest BCUT2D eigenvalue weighted by atomic mass is 35.5. The van der Waals surface area contributed by atoms with Crippen molar-refractivity contribution in [1.82, 2.24) is 0 Å². The number of esters is 1. The summed E-state index contributed by atoms with van der Waals surface area (Å²) < 4.78 is 4.75. The Morgan fingerprint density at radius 3 is 2.69 bits per heavy atom. The van der Waals surface area contributed by atoms with Crippen LogP contribution in [0, 0.1) is 17.0 Å². The number of ether oxygens (including phenoxy) is 1. The lowest BCUT2D eigenvalue weighted by Gasteiger charge is -2.06. The summed E-state index contributed by atoms with van der Waals surface area (Å²) in [7, 11) is 0. The van der Waals surface area contributed by atoms with Crippen LogP contribution >= 0.6 is 11.6 Å². The van der Waals surface area contributed by atoms with Gasteiger partial charge in [-0.2, -0.15) is 0 Å². The number of hydrogen-bond donors (Lipinski definition) is 0. The maximum absolute atomic E-state index is 11.5. The Morgan fingerprint density at radius 2 is 2.19 bits per heavy atom. The van der Waals surface area contributed by atoms with E-state index in [0.717, 1.165) is 6.07 Å². The Hall–Kier alpha value is -1.62. The first-order valence-electron chi connectivity index (χ1n) is 4.59. The van der Waals surface area contributed by atoms with E-state index in [1.807, 2.05) is 0 Å². The second kappa shape index (κ2) is 4.94. The van der Waals surface area contributed by atoms with Crippen LogP contribution in [0.5, 0.6) is 0 Å². The summed E-state index contributed by atoms with van der Waals surface area (Å²) in [6.07, 6.45) is 0. The van der Waals surface area contributed by atoms with Crippen LogP contribution in [0.1, 0.15) is 22.8 Å².